The zero-order valence-corrected chi connectivity index (χ0v) is 9.48. The number of hydrogen-bond acceptors (Lipinski definition) is 4. The molecule has 4 nitrogen and oxygen atoms in total. The van der Waals surface area contributed by atoms with E-state index in [1.54, 1.807) is 32.4 Å². The fourth-order valence-electron chi connectivity index (χ4n) is 1.28. The SMILES string of the molecule is COC=C(C#N)c1ccc(OC)c(OC)c1. The summed E-state index contributed by atoms with van der Waals surface area (Å²) in [4.78, 5) is 0. The second-order valence-corrected chi connectivity index (χ2v) is 2.95. The third-order valence-electron chi connectivity index (χ3n) is 2.05. The molecule has 0 aliphatic carbocycles. The van der Waals surface area contributed by atoms with Gasteiger partial charge in [-0.2, -0.15) is 5.26 Å². The highest BCUT2D eigenvalue weighted by molar-refractivity contribution is 5.77. The molecule has 4 heteroatoms. The van der Waals surface area contributed by atoms with E-state index < -0.39 is 0 Å². The molecule has 0 aliphatic heterocycles. The van der Waals surface area contributed by atoms with E-state index in [1.807, 2.05) is 6.07 Å². The lowest BCUT2D eigenvalue weighted by atomic mass is 10.1. The van der Waals surface area contributed by atoms with Crippen LogP contribution in [0.4, 0.5) is 0 Å². The number of hydrogen-bond donors (Lipinski definition) is 0. The first-order valence-electron chi connectivity index (χ1n) is 4.62. The smallest absolute Gasteiger partial charge is 0.161 e. The maximum absolute atomic E-state index is 8.93. The van der Waals surface area contributed by atoms with Crippen LogP contribution in [0.2, 0.25) is 0 Å². The van der Waals surface area contributed by atoms with Crippen LogP contribution in [0.15, 0.2) is 24.5 Å². The quantitative estimate of drug-likeness (QED) is 0.575. The molecule has 0 aliphatic rings. The lowest BCUT2D eigenvalue weighted by molar-refractivity contribution is 0.340. The highest BCUT2D eigenvalue weighted by Gasteiger charge is 2.07. The Morgan fingerprint density at radius 1 is 1.19 bits per heavy atom. The Bertz CT molecular complexity index is 432. The number of nitrogens with zero attached hydrogens (tertiary/aromatic N) is 1. The highest BCUT2D eigenvalue weighted by Crippen LogP contribution is 2.30. The van der Waals surface area contributed by atoms with Crippen molar-refractivity contribution in [2.75, 3.05) is 21.3 Å². The van der Waals surface area contributed by atoms with Crippen molar-refractivity contribution in [3.63, 3.8) is 0 Å². The molecule has 0 amide bonds. The van der Waals surface area contributed by atoms with Crippen LogP contribution in [0.5, 0.6) is 11.5 Å². The number of methoxy groups -OCH3 is 3. The van der Waals surface area contributed by atoms with E-state index >= 15 is 0 Å². The second-order valence-electron chi connectivity index (χ2n) is 2.95. The molecule has 0 unspecified atom stereocenters. The normalized spacial score (nSPS) is 10.5. The van der Waals surface area contributed by atoms with Gasteiger partial charge in [0.2, 0.25) is 0 Å². The van der Waals surface area contributed by atoms with E-state index in [2.05, 4.69) is 0 Å². The molecule has 0 N–H and O–H groups in total. The minimum Gasteiger partial charge on any atom is -0.503 e. The highest BCUT2D eigenvalue weighted by atomic mass is 16.5. The first-order chi connectivity index (χ1) is 7.76. The van der Waals surface area contributed by atoms with Gasteiger partial charge in [0.15, 0.2) is 11.5 Å². The fourth-order valence-corrected chi connectivity index (χ4v) is 1.28. The summed E-state index contributed by atoms with van der Waals surface area (Å²) >= 11 is 0. The number of allylic oxidation sites excluding steroid dienone is 1. The van der Waals surface area contributed by atoms with Gasteiger partial charge in [0.25, 0.3) is 0 Å². The molecule has 0 fully saturated rings. The zero-order chi connectivity index (χ0) is 12.0. The van der Waals surface area contributed by atoms with Crippen LogP contribution in [0, 0.1) is 11.3 Å². The van der Waals surface area contributed by atoms with E-state index in [-0.39, 0.29) is 0 Å². The topological polar surface area (TPSA) is 51.5 Å². The van der Waals surface area contributed by atoms with E-state index in [9.17, 15) is 0 Å². The molecule has 1 aromatic rings. The van der Waals surface area contributed by atoms with Crippen molar-refractivity contribution in [3.8, 4) is 17.6 Å². The summed E-state index contributed by atoms with van der Waals surface area (Å²) in [6.45, 7) is 0. The minimum atomic E-state index is 0.434. The average molecular weight is 219 g/mol. The molecule has 0 heterocycles. The van der Waals surface area contributed by atoms with Crippen molar-refractivity contribution in [2.45, 2.75) is 0 Å². The summed E-state index contributed by atoms with van der Waals surface area (Å²) in [6, 6.07) is 7.30. The fraction of sp³-hybridized carbons (Fsp3) is 0.250. The summed E-state index contributed by atoms with van der Waals surface area (Å²) < 4.78 is 15.1. The molecule has 0 bridgehead atoms. The molecular formula is C12H13NO3. The van der Waals surface area contributed by atoms with Crippen LogP contribution < -0.4 is 9.47 Å². The van der Waals surface area contributed by atoms with Crippen LogP contribution in [0.3, 0.4) is 0 Å². The molecule has 0 aromatic heterocycles. The lowest BCUT2D eigenvalue weighted by Crippen LogP contribution is -1.92. The van der Waals surface area contributed by atoms with Crippen molar-refractivity contribution in [1.82, 2.24) is 0 Å². The summed E-state index contributed by atoms with van der Waals surface area (Å²) in [5, 5.41) is 8.93. The van der Waals surface area contributed by atoms with Gasteiger partial charge in [-0.15, -0.1) is 0 Å². The first kappa shape index (κ1) is 11.9. The molecule has 84 valence electrons. The Morgan fingerprint density at radius 2 is 1.88 bits per heavy atom. The largest absolute Gasteiger partial charge is 0.503 e. The van der Waals surface area contributed by atoms with E-state index in [1.165, 1.54) is 13.4 Å². The van der Waals surface area contributed by atoms with Gasteiger partial charge >= 0.3 is 0 Å². The lowest BCUT2D eigenvalue weighted by Gasteiger charge is -2.08. The van der Waals surface area contributed by atoms with Crippen LogP contribution in [-0.4, -0.2) is 21.3 Å². The van der Waals surface area contributed by atoms with Crippen molar-refractivity contribution in [2.24, 2.45) is 0 Å². The van der Waals surface area contributed by atoms with Gasteiger partial charge in [-0.1, -0.05) is 0 Å². The second kappa shape index (κ2) is 5.66. The average Bonchev–Trinajstić information content (AvgIpc) is 2.35. The van der Waals surface area contributed by atoms with Crippen LogP contribution >= 0.6 is 0 Å². The van der Waals surface area contributed by atoms with Gasteiger partial charge in [0, 0.05) is 0 Å². The monoisotopic (exact) mass is 219 g/mol. The summed E-state index contributed by atoms with van der Waals surface area (Å²) in [6.07, 6.45) is 1.39. The van der Waals surface area contributed by atoms with Crippen LogP contribution in [0.25, 0.3) is 5.57 Å². The van der Waals surface area contributed by atoms with E-state index in [0.717, 1.165) is 5.56 Å². The van der Waals surface area contributed by atoms with Gasteiger partial charge in [0.05, 0.1) is 26.9 Å². The van der Waals surface area contributed by atoms with Gasteiger partial charge in [-0.05, 0) is 23.8 Å². The van der Waals surface area contributed by atoms with Gasteiger partial charge < -0.3 is 14.2 Å². The molecule has 1 rings (SSSR count). The molecule has 16 heavy (non-hydrogen) atoms. The number of rotatable bonds is 4. The standard InChI is InChI=1S/C12H13NO3/c1-14-8-10(7-13)9-4-5-11(15-2)12(6-9)16-3/h4-6,8H,1-3H3. The zero-order valence-electron chi connectivity index (χ0n) is 9.48. The Morgan fingerprint density at radius 3 is 2.38 bits per heavy atom. The summed E-state index contributed by atoms with van der Waals surface area (Å²) in [7, 11) is 4.61. The summed E-state index contributed by atoms with van der Waals surface area (Å²) in [5.74, 6) is 1.21. The van der Waals surface area contributed by atoms with Gasteiger partial charge in [0.1, 0.15) is 12.3 Å². The molecule has 0 atom stereocenters. The Labute approximate surface area is 94.7 Å². The molecule has 1 aromatic carbocycles. The number of benzene rings is 1. The van der Waals surface area contributed by atoms with Crippen LogP contribution in [0.1, 0.15) is 5.56 Å². The Kier molecular flexibility index (Phi) is 4.22. The predicted molar refractivity (Wildman–Crippen MR) is 60.1 cm³/mol. The molecule has 0 saturated heterocycles. The Hall–Kier alpha value is -2.15. The molecule has 0 saturated carbocycles. The maximum atomic E-state index is 8.93. The molecule has 0 spiro atoms. The first-order valence-corrected chi connectivity index (χ1v) is 4.62. The minimum absolute atomic E-state index is 0.434. The van der Waals surface area contributed by atoms with Crippen molar-refractivity contribution >= 4 is 5.57 Å². The third-order valence-corrected chi connectivity index (χ3v) is 2.05. The predicted octanol–water partition coefficient (Wildman–Crippen LogP) is 2.21. The van der Waals surface area contributed by atoms with Gasteiger partial charge in [-0.3, -0.25) is 0 Å². The van der Waals surface area contributed by atoms with Crippen LogP contribution in [-0.2, 0) is 4.74 Å². The third kappa shape index (κ3) is 2.45. The maximum Gasteiger partial charge on any atom is 0.161 e. The number of ether oxygens (including phenoxy) is 3. The number of nitriles is 1. The van der Waals surface area contributed by atoms with E-state index in [0.29, 0.717) is 17.1 Å². The van der Waals surface area contributed by atoms with Gasteiger partial charge in [-0.25, -0.2) is 0 Å². The van der Waals surface area contributed by atoms with Crippen molar-refractivity contribution in [1.29, 1.82) is 5.26 Å². The van der Waals surface area contributed by atoms with E-state index in [4.69, 9.17) is 19.5 Å². The van der Waals surface area contributed by atoms with Crippen molar-refractivity contribution in [3.05, 3.63) is 30.0 Å². The summed E-state index contributed by atoms with van der Waals surface area (Å²) in [5.41, 5.74) is 1.16. The Balaban J connectivity index is 3.17. The van der Waals surface area contributed by atoms with Crippen molar-refractivity contribution < 1.29 is 14.2 Å². The molecule has 0 radical (unpaired) electrons. The molecular weight excluding hydrogens is 206 g/mol.